The Hall–Kier alpha value is -1.77. The summed E-state index contributed by atoms with van der Waals surface area (Å²) in [6, 6.07) is 6.96. The predicted molar refractivity (Wildman–Crippen MR) is 112 cm³/mol. The van der Waals surface area contributed by atoms with Gasteiger partial charge in [-0.1, -0.05) is 70.3 Å². The van der Waals surface area contributed by atoms with Crippen LogP contribution in [0.5, 0.6) is 0 Å². The number of carboxylic acid groups (broad SMARTS) is 1. The minimum absolute atomic E-state index is 0.336. The summed E-state index contributed by atoms with van der Waals surface area (Å²) in [5.74, 6) is -0.875. The molecule has 2 N–H and O–H groups in total. The number of hydrogen-bond donors (Lipinski definition) is 2. The van der Waals surface area contributed by atoms with Crippen molar-refractivity contribution >= 4 is 11.7 Å². The van der Waals surface area contributed by atoms with Crippen LogP contribution >= 0.6 is 0 Å². The maximum atomic E-state index is 10.8. The quantitative estimate of drug-likeness (QED) is 0.231. The van der Waals surface area contributed by atoms with Crippen molar-refractivity contribution in [2.45, 2.75) is 83.5 Å². The van der Waals surface area contributed by atoms with E-state index < -0.39 is 5.97 Å². The lowest BCUT2D eigenvalue weighted by atomic mass is 10.0. The van der Waals surface area contributed by atoms with Crippen molar-refractivity contribution < 1.29 is 9.90 Å². The van der Waals surface area contributed by atoms with Crippen LogP contribution in [0.1, 0.15) is 93.8 Å². The van der Waals surface area contributed by atoms with Gasteiger partial charge in [0.05, 0.1) is 5.56 Å². The fourth-order valence-corrected chi connectivity index (χ4v) is 3.14. The number of rotatable bonds is 17. The SMILES string of the molecule is C=CCCCCCCCCCCCCCCNc1ccc(C(=O)O)cc1. The lowest BCUT2D eigenvalue weighted by molar-refractivity contribution is 0.0697. The van der Waals surface area contributed by atoms with Crippen molar-refractivity contribution in [1.82, 2.24) is 0 Å². The molecule has 0 saturated heterocycles. The summed E-state index contributed by atoms with van der Waals surface area (Å²) < 4.78 is 0. The van der Waals surface area contributed by atoms with Crippen LogP contribution in [0.3, 0.4) is 0 Å². The van der Waals surface area contributed by atoms with Crippen molar-refractivity contribution in [3.63, 3.8) is 0 Å². The van der Waals surface area contributed by atoms with Crippen LogP contribution in [0.4, 0.5) is 5.69 Å². The van der Waals surface area contributed by atoms with Crippen molar-refractivity contribution in [3.05, 3.63) is 42.5 Å². The number of aromatic carboxylic acids is 1. The van der Waals surface area contributed by atoms with Crippen LogP contribution in [0.25, 0.3) is 0 Å². The third kappa shape index (κ3) is 11.7. The molecule has 0 radical (unpaired) electrons. The largest absolute Gasteiger partial charge is 0.478 e. The third-order valence-corrected chi connectivity index (χ3v) is 4.80. The van der Waals surface area contributed by atoms with E-state index in [-0.39, 0.29) is 0 Å². The highest BCUT2D eigenvalue weighted by Gasteiger charge is 2.01. The highest BCUT2D eigenvalue weighted by molar-refractivity contribution is 5.87. The number of anilines is 1. The average Bonchev–Trinajstić information content (AvgIpc) is 2.65. The Balaban J connectivity index is 1.83. The minimum atomic E-state index is -0.875. The molecular formula is C23H37NO2. The number of carbonyl (C=O) groups is 1. The van der Waals surface area contributed by atoms with Crippen molar-refractivity contribution in [3.8, 4) is 0 Å². The van der Waals surface area contributed by atoms with Gasteiger partial charge < -0.3 is 10.4 Å². The number of nitrogens with one attached hydrogen (secondary N) is 1. The van der Waals surface area contributed by atoms with E-state index in [1.165, 1.54) is 83.5 Å². The monoisotopic (exact) mass is 359 g/mol. The van der Waals surface area contributed by atoms with Gasteiger partial charge >= 0.3 is 5.97 Å². The second kappa shape index (κ2) is 15.5. The summed E-state index contributed by atoms with van der Waals surface area (Å²) in [5.41, 5.74) is 1.34. The van der Waals surface area contributed by atoms with Gasteiger partial charge in [0.1, 0.15) is 0 Å². The Kier molecular flexibility index (Phi) is 13.3. The molecule has 0 spiro atoms. The van der Waals surface area contributed by atoms with E-state index in [0.717, 1.165) is 12.2 Å². The molecule has 146 valence electrons. The van der Waals surface area contributed by atoms with Crippen LogP contribution in [-0.2, 0) is 0 Å². The smallest absolute Gasteiger partial charge is 0.335 e. The molecule has 0 amide bonds. The first-order valence-electron chi connectivity index (χ1n) is 10.4. The molecule has 0 unspecified atom stereocenters. The Morgan fingerprint density at radius 3 is 1.73 bits per heavy atom. The Bertz CT molecular complexity index is 481. The maximum Gasteiger partial charge on any atom is 0.335 e. The molecule has 0 fully saturated rings. The van der Waals surface area contributed by atoms with Gasteiger partial charge in [0, 0.05) is 12.2 Å². The standard InChI is InChI=1S/C23H37NO2/c1-2-3-4-5-6-7-8-9-10-11-12-13-14-15-20-24-22-18-16-21(17-19-22)23(25)26/h2,16-19,24H,1,3-15,20H2,(H,25,26). The molecule has 0 saturated carbocycles. The first-order valence-corrected chi connectivity index (χ1v) is 10.4. The number of allylic oxidation sites excluding steroid dienone is 1. The molecule has 0 bridgehead atoms. The predicted octanol–water partition coefficient (Wildman–Crippen LogP) is 7.05. The maximum absolute atomic E-state index is 10.8. The number of carboxylic acids is 1. The number of unbranched alkanes of at least 4 members (excludes halogenated alkanes) is 12. The molecule has 1 aromatic carbocycles. The first-order chi connectivity index (χ1) is 12.7. The van der Waals surface area contributed by atoms with E-state index in [2.05, 4.69) is 11.9 Å². The number of hydrogen-bond acceptors (Lipinski definition) is 2. The summed E-state index contributed by atoms with van der Waals surface area (Å²) in [4.78, 5) is 10.8. The minimum Gasteiger partial charge on any atom is -0.478 e. The van der Waals surface area contributed by atoms with E-state index in [1.807, 2.05) is 18.2 Å². The van der Waals surface area contributed by atoms with Crippen molar-refractivity contribution in [2.75, 3.05) is 11.9 Å². The average molecular weight is 360 g/mol. The fourth-order valence-electron chi connectivity index (χ4n) is 3.14. The van der Waals surface area contributed by atoms with Gasteiger partial charge in [0.25, 0.3) is 0 Å². The Morgan fingerprint density at radius 1 is 0.808 bits per heavy atom. The lowest BCUT2D eigenvalue weighted by Gasteiger charge is -2.07. The molecule has 0 heterocycles. The highest BCUT2D eigenvalue weighted by atomic mass is 16.4. The fraction of sp³-hybridized carbons (Fsp3) is 0.609. The molecule has 0 atom stereocenters. The summed E-state index contributed by atoms with van der Waals surface area (Å²) in [7, 11) is 0. The zero-order valence-electron chi connectivity index (χ0n) is 16.3. The molecule has 3 heteroatoms. The molecule has 0 aliphatic heterocycles. The van der Waals surface area contributed by atoms with E-state index >= 15 is 0 Å². The van der Waals surface area contributed by atoms with Crippen LogP contribution < -0.4 is 5.32 Å². The second-order valence-corrected chi connectivity index (χ2v) is 7.13. The van der Waals surface area contributed by atoms with Crippen LogP contribution in [0.2, 0.25) is 0 Å². The third-order valence-electron chi connectivity index (χ3n) is 4.80. The van der Waals surface area contributed by atoms with Crippen LogP contribution in [-0.4, -0.2) is 17.6 Å². The van der Waals surface area contributed by atoms with Gasteiger partial charge in [0.2, 0.25) is 0 Å². The van der Waals surface area contributed by atoms with Gasteiger partial charge in [-0.05, 0) is 43.5 Å². The van der Waals surface area contributed by atoms with Gasteiger partial charge in [-0.25, -0.2) is 4.79 Å². The molecule has 0 aliphatic carbocycles. The van der Waals surface area contributed by atoms with Gasteiger partial charge in [0.15, 0.2) is 0 Å². The summed E-state index contributed by atoms with van der Waals surface area (Å²) >= 11 is 0. The van der Waals surface area contributed by atoms with E-state index in [1.54, 1.807) is 12.1 Å². The zero-order valence-corrected chi connectivity index (χ0v) is 16.3. The molecule has 0 aliphatic rings. The molecule has 1 aromatic rings. The van der Waals surface area contributed by atoms with Crippen molar-refractivity contribution in [1.29, 1.82) is 0 Å². The van der Waals surface area contributed by atoms with Gasteiger partial charge in [-0.15, -0.1) is 6.58 Å². The summed E-state index contributed by atoms with van der Waals surface area (Å²) in [6.07, 6.45) is 19.3. The highest BCUT2D eigenvalue weighted by Crippen LogP contribution is 2.13. The Labute approximate surface area is 159 Å². The first kappa shape index (κ1) is 22.3. The molecule has 1 rings (SSSR count). The van der Waals surface area contributed by atoms with Gasteiger partial charge in [-0.3, -0.25) is 0 Å². The molecule has 26 heavy (non-hydrogen) atoms. The molecule has 3 nitrogen and oxygen atoms in total. The summed E-state index contributed by atoms with van der Waals surface area (Å²) in [6.45, 7) is 4.72. The van der Waals surface area contributed by atoms with Gasteiger partial charge in [-0.2, -0.15) is 0 Å². The summed E-state index contributed by atoms with van der Waals surface area (Å²) in [5, 5.41) is 12.2. The topological polar surface area (TPSA) is 49.3 Å². The molecule has 0 aromatic heterocycles. The number of benzene rings is 1. The lowest BCUT2D eigenvalue weighted by Crippen LogP contribution is -2.02. The van der Waals surface area contributed by atoms with Crippen molar-refractivity contribution in [2.24, 2.45) is 0 Å². The van der Waals surface area contributed by atoms with Crippen LogP contribution in [0.15, 0.2) is 36.9 Å². The zero-order chi connectivity index (χ0) is 18.9. The second-order valence-electron chi connectivity index (χ2n) is 7.13. The van der Waals surface area contributed by atoms with E-state index in [4.69, 9.17) is 5.11 Å². The van der Waals surface area contributed by atoms with E-state index in [9.17, 15) is 4.79 Å². The van der Waals surface area contributed by atoms with Crippen LogP contribution in [0, 0.1) is 0 Å². The normalized spacial score (nSPS) is 10.6. The Morgan fingerprint density at radius 2 is 1.27 bits per heavy atom. The molecular weight excluding hydrogens is 322 g/mol. The van der Waals surface area contributed by atoms with E-state index in [0.29, 0.717) is 5.56 Å².